The molecule has 1 unspecified atom stereocenters. The first kappa shape index (κ1) is 15.8. The standard InChI is InChI=1S/C18H31NO/c1-3-15(2)13-20-18(14-19)11-9-17(10-12-18)16-7-5-4-6-8-16/h15-17H,3-13H2,1-2H3/t15?,17-,18-. The van der Waals surface area contributed by atoms with Gasteiger partial charge in [0, 0.05) is 0 Å². The van der Waals surface area contributed by atoms with Gasteiger partial charge in [0.25, 0.3) is 0 Å². The predicted molar refractivity (Wildman–Crippen MR) is 82.3 cm³/mol. The monoisotopic (exact) mass is 277 g/mol. The highest BCUT2D eigenvalue weighted by atomic mass is 16.5. The molecule has 0 saturated heterocycles. The van der Waals surface area contributed by atoms with E-state index < -0.39 is 5.60 Å². The second-order valence-electron chi connectivity index (χ2n) is 7.17. The van der Waals surface area contributed by atoms with E-state index in [1.165, 1.54) is 44.9 Å². The summed E-state index contributed by atoms with van der Waals surface area (Å²) >= 11 is 0. The summed E-state index contributed by atoms with van der Waals surface area (Å²) < 4.78 is 6.05. The van der Waals surface area contributed by atoms with Crippen LogP contribution in [0.15, 0.2) is 0 Å². The molecule has 2 nitrogen and oxygen atoms in total. The molecular weight excluding hydrogens is 246 g/mol. The van der Waals surface area contributed by atoms with Crippen molar-refractivity contribution in [2.24, 2.45) is 17.8 Å². The SMILES string of the molecule is CCC(C)CO[C@]1(C#N)CC[C@@H](C2CCCCC2)CC1. The summed E-state index contributed by atoms with van der Waals surface area (Å²) in [5, 5.41) is 9.55. The van der Waals surface area contributed by atoms with Gasteiger partial charge in [-0.25, -0.2) is 0 Å². The summed E-state index contributed by atoms with van der Waals surface area (Å²) in [5.74, 6) is 2.37. The summed E-state index contributed by atoms with van der Waals surface area (Å²) in [4.78, 5) is 0. The molecule has 2 saturated carbocycles. The summed E-state index contributed by atoms with van der Waals surface area (Å²) in [5.41, 5.74) is -0.464. The Bertz CT molecular complexity index is 319. The lowest BCUT2D eigenvalue weighted by atomic mass is 9.70. The van der Waals surface area contributed by atoms with E-state index in [1.54, 1.807) is 0 Å². The second kappa shape index (κ2) is 7.46. The van der Waals surface area contributed by atoms with Crippen LogP contribution in [0.1, 0.15) is 78.1 Å². The van der Waals surface area contributed by atoms with Crippen molar-refractivity contribution in [1.82, 2.24) is 0 Å². The molecule has 0 radical (unpaired) electrons. The molecule has 0 bridgehead atoms. The fourth-order valence-corrected chi connectivity index (χ4v) is 3.89. The third-order valence-corrected chi connectivity index (χ3v) is 5.70. The van der Waals surface area contributed by atoms with Crippen LogP contribution < -0.4 is 0 Å². The zero-order valence-electron chi connectivity index (χ0n) is 13.4. The van der Waals surface area contributed by atoms with Crippen molar-refractivity contribution >= 4 is 0 Å². The number of ether oxygens (including phenoxy) is 1. The van der Waals surface area contributed by atoms with Crippen LogP contribution in [-0.4, -0.2) is 12.2 Å². The van der Waals surface area contributed by atoms with Crippen molar-refractivity contribution in [3.63, 3.8) is 0 Å². The van der Waals surface area contributed by atoms with E-state index in [2.05, 4.69) is 19.9 Å². The molecule has 0 N–H and O–H groups in total. The van der Waals surface area contributed by atoms with Crippen LogP contribution >= 0.6 is 0 Å². The number of nitriles is 1. The summed E-state index contributed by atoms with van der Waals surface area (Å²) in [6, 6.07) is 2.50. The molecule has 0 heterocycles. The van der Waals surface area contributed by atoms with Crippen LogP contribution in [0.5, 0.6) is 0 Å². The lowest BCUT2D eigenvalue weighted by Crippen LogP contribution is -2.38. The maximum absolute atomic E-state index is 9.55. The lowest BCUT2D eigenvalue weighted by Gasteiger charge is -2.39. The van der Waals surface area contributed by atoms with E-state index in [0.717, 1.165) is 37.7 Å². The topological polar surface area (TPSA) is 33.0 Å². The molecule has 0 aromatic carbocycles. The number of hydrogen-bond donors (Lipinski definition) is 0. The first-order valence-corrected chi connectivity index (χ1v) is 8.74. The minimum absolute atomic E-state index is 0.464. The summed E-state index contributed by atoms with van der Waals surface area (Å²) in [6.07, 6.45) is 12.6. The summed E-state index contributed by atoms with van der Waals surface area (Å²) in [6.45, 7) is 5.14. The molecule has 0 aliphatic heterocycles. The van der Waals surface area contributed by atoms with Gasteiger partial charge in [-0.2, -0.15) is 5.26 Å². The first-order valence-electron chi connectivity index (χ1n) is 8.74. The maximum Gasteiger partial charge on any atom is 0.154 e. The van der Waals surface area contributed by atoms with E-state index in [4.69, 9.17) is 4.74 Å². The van der Waals surface area contributed by atoms with Crippen LogP contribution in [0.25, 0.3) is 0 Å². The van der Waals surface area contributed by atoms with Gasteiger partial charge in [0.05, 0.1) is 12.7 Å². The Morgan fingerprint density at radius 1 is 1.10 bits per heavy atom. The number of nitrogens with zero attached hydrogens (tertiary/aromatic N) is 1. The Kier molecular flexibility index (Phi) is 5.90. The van der Waals surface area contributed by atoms with Gasteiger partial charge in [0.1, 0.15) is 0 Å². The summed E-state index contributed by atoms with van der Waals surface area (Å²) in [7, 11) is 0. The molecule has 1 atom stereocenters. The Labute approximate surface area is 124 Å². The minimum Gasteiger partial charge on any atom is -0.360 e. The van der Waals surface area contributed by atoms with E-state index in [9.17, 15) is 5.26 Å². The molecule has 2 fully saturated rings. The van der Waals surface area contributed by atoms with Crippen molar-refractivity contribution in [2.45, 2.75) is 83.7 Å². The normalized spacial score (nSPS) is 33.5. The molecule has 2 aliphatic carbocycles. The molecule has 0 aromatic rings. The third kappa shape index (κ3) is 3.98. The minimum atomic E-state index is -0.464. The van der Waals surface area contributed by atoms with Crippen molar-refractivity contribution in [3.8, 4) is 6.07 Å². The van der Waals surface area contributed by atoms with Gasteiger partial charge in [-0.1, -0.05) is 52.4 Å². The van der Waals surface area contributed by atoms with E-state index in [-0.39, 0.29) is 0 Å². The Hall–Kier alpha value is -0.550. The Morgan fingerprint density at radius 2 is 1.70 bits per heavy atom. The van der Waals surface area contributed by atoms with Crippen LogP contribution in [0, 0.1) is 29.1 Å². The molecule has 0 spiro atoms. The van der Waals surface area contributed by atoms with Crippen LogP contribution in [0.4, 0.5) is 0 Å². The highest BCUT2D eigenvalue weighted by Crippen LogP contribution is 2.42. The first-order chi connectivity index (χ1) is 9.69. The predicted octanol–water partition coefficient (Wildman–Crippen LogP) is 5.08. The van der Waals surface area contributed by atoms with Crippen molar-refractivity contribution < 1.29 is 4.74 Å². The van der Waals surface area contributed by atoms with Gasteiger partial charge >= 0.3 is 0 Å². The molecule has 2 aliphatic rings. The molecule has 0 aromatic heterocycles. The largest absolute Gasteiger partial charge is 0.360 e. The molecular formula is C18H31NO. The van der Waals surface area contributed by atoms with E-state index in [0.29, 0.717) is 5.92 Å². The fraction of sp³-hybridized carbons (Fsp3) is 0.944. The Morgan fingerprint density at radius 3 is 2.25 bits per heavy atom. The maximum atomic E-state index is 9.55. The van der Waals surface area contributed by atoms with Gasteiger partial charge < -0.3 is 4.74 Å². The van der Waals surface area contributed by atoms with Crippen molar-refractivity contribution in [1.29, 1.82) is 5.26 Å². The number of rotatable bonds is 5. The van der Waals surface area contributed by atoms with Crippen LogP contribution in [0.3, 0.4) is 0 Å². The average Bonchev–Trinajstić information content (AvgIpc) is 2.54. The quantitative estimate of drug-likeness (QED) is 0.702. The highest BCUT2D eigenvalue weighted by molar-refractivity contribution is 5.05. The Balaban J connectivity index is 1.82. The zero-order valence-corrected chi connectivity index (χ0v) is 13.4. The molecule has 2 rings (SSSR count). The average molecular weight is 277 g/mol. The smallest absolute Gasteiger partial charge is 0.154 e. The third-order valence-electron chi connectivity index (χ3n) is 5.70. The lowest BCUT2D eigenvalue weighted by molar-refractivity contribution is -0.0557. The van der Waals surface area contributed by atoms with Crippen LogP contribution in [0.2, 0.25) is 0 Å². The fourth-order valence-electron chi connectivity index (χ4n) is 3.89. The zero-order chi connectivity index (χ0) is 14.4. The molecule has 2 heteroatoms. The molecule has 114 valence electrons. The highest BCUT2D eigenvalue weighted by Gasteiger charge is 2.39. The second-order valence-corrected chi connectivity index (χ2v) is 7.17. The van der Waals surface area contributed by atoms with Gasteiger partial charge in [0.15, 0.2) is 5.60 Å². The molecule has 20 heavy (non-hydrogen) atoms. The van der Waals surface area contributed by atoms with Gasteiger partial charge in [0.2, 0.25) is 0 Å². The van der Waals surface area contributed by atoms with E-state index in [1.807, 2.05) is 0 Å². The van der Waals surface area contributed by atoms with Crippen molar-refractivity contribution in [3.05, 3.63) is 0 Å². The van der Waals surface area contributed by atoms with Gasteiger partial charge in [-0.05, 0) is 43.4 Å². The van der Waals surface area contributed by atoms with Crippen molar-refractivity contribution in [2.75, 3.05) is 6.61 Å². The van der Waals surface area contributed by atoms with Gasteiger partial charge in [-0.15, -0.1) is 0 Å². The van der Waals surface area contributed by atoms with Crippen LogP contribution in [-0.2, 0) is 4.74 Å². The number of hydrogen-bond acceptors (Lipinski definition) is 2. The molecule has 0 amide bonds. The van der Waals surface area contributed by atoms with Gasteiger partial charge in [-0.3, -0.25) is 0 Å². The van der Waals surface area contributed by atoms with E-state index >= 15 is 0 Å².